The lowest BCUT2D eigenvalue weighted by Crippen LogP contribution is -2.48. The third kappa shape index (κ3) is 5.63. The first-order chi connectivity index (χ1) is 11.1. The highest BCUT2D eigenvalue weighted by Crippen LogP contribution is 2.24. The maximum atomic E-state index is 12.4. The molecule has 0 saturated heterocycles. The molecule has 1 rings (SSSR count). The number of rotatable bonds is 7. The zero-order valence-electron chi connectivity index (χ0n) is 15.3. The topological polar surface area (TPSA) is 104 Å². The highest BCUT2D eigenvalue weighted by molar-refractivity contribution is 5.97. The van der Waals surface area contributed by atoms with Crippen LogP contribution in [0.2, 0.25) is 0 Å². The predicted octanol–water partition coefficient (Wildman–Crippen LogP) is 2.21. The first-order valence-corrected chi connectivity index (χ1v) is 8.32. The number of carbonyl (C=O) groups excluding carboxylic acids is 2. The van der Waals surface area contributed by atoms with Gasteiger partial charge in [0.2, 0.25) is 11.8 Å². The molecule has 7 nitrogen and oxygen atoms in total. The summed E-state index contributed by atoms with van der Waals surface area (Å²) in [6.07, 6.45) is 0.0332. The van der Waals surface area contributed by atoms with Crippen LogP contribution in [0.25, 0.3) is 0 Å². The summed E-state index contributed by atoms with van der Waals surface area (Å²) in [5.41, 5.74) is -0.214. The number of aliphatic hydroxyl groups excluding tert-OH is 1. The molecule has 0 spiro atoms. The maximum Gasteiger partial charge on any atom is 0.249 e. The molecular weight excluding hydrogens is 310 g/mol. The van der Waals surface area contributed by atoms with Crippen LogP contribution in [0.5, 0.6) is 0 Å². The lowest BCUT2D eigenvalue weighted by Gasteiger charge is -2.20. The lowest BCUT2D eigenvalue weighted by molar-refractivity contribution is -0.134. The van der Waals surface area contributed by atoms with Crippen LogP contribution in [-0.2, 0) is 15.0 Å². The fourth-order valence-corrected chi connectivity index (χ4v) is 2.02. The van der Waals surface area contributed by atoms with E-state index in [4.69, 9.17) is 4.52 Å². The first-order valence-electron chi connectivity index (χ1n) is 8.32. The molecule has 2 amide bonds. The SMILES string of the molecule is CCCC(NC(=O)C(O)C(C)C)C(=O)Nc1cc(C(C)(C)C)on1. The first kappa shape index (κ1) is 20.2. The van der Waals surface area contributed by atoms with Gasteiger partial charge in [-0.05, 0) is 12.3 Å². The van der Waals surface area contributed by atoms with E-state index in [1.807, 2.05) is 27.7 Å². The van der Waals surface area contributed by atoms with E-state index in [2.05, 4.69) is 15.8 Å². The summed E-state index contributed by atoms with van der Waals surface area (Å²) in [6.45, 7) is 11.3. The van der Waals surface area contributed by atoms with E-state index in [1.165, 1.54) is 0 Å². The Morgan fingerprint density at radius 2 is 1.92 bits per heavy atom. The minimum atomic E-state index is -1.14. The fourth-order valence-electron chi connectivity index (χ4n) is 2.02. The zero-order chi connectivity index (χ0) is 18.5. The summed E-state index contributed by atoms with van der Waals surface area (Å²) < 4.78 is 5.23. The maximum absolute atomic E-state index is 12.4. The van der Waals surface area contributed by atoms with E-state index in [0.29, 0.717) is 24.4 Å². The van der Waals surface area contributed by atoms with Gasteiger partial charge in [-0.25, -0.2) is 0 Å². The monoisotopic (exact) mass is 339 g/mol. The lowest BCUT2D eigenvalue weighted by atomic mass is 9.93. The molecule has 0 radical (unpaired) electrons. The summed E-state index contributed by atoms with van der Waals surface area (Å²) in [5.74, 6) is -0.182. The van der Waals surface area contributed by atoms with Gasteiger partial charge in [-0.2, -0.15) is 0 Å². The molecule has 3 N–H and O–H groups in total. The van der Waals surface area contributed by atoms with Crippen molar-refractivity contribution in [2.45, 2.75) is 71.9 Å². The van der Waals surface area contributed by atoms with Crippen LogP contribution in [0.4, 0.5) is 5.82 Å². The molecule has 0 aliphatic rings. The second-order valence-corrected chi connectivity index (χ2v) is 7.35. The molecule has 7 heteroatoms. The van der Waals surface area contributed by atoms with Gasteiger partial charge in [0.25, 0.3) is 0 Å². The zero-order valence-corrected chi connectivity index (χ0v) is 15.3. The average Bonchev–Trinajstić information content (AvgIpc) is 2.94. The Bertz CT molecular complexity index is 560. The minimum Gasteiger partial charge on any atom is -0.383 e. The van der Waals surface area contributed by atoms with Crippen molar-refractivity contribution in [2.24, 2.45) is 5.92 Å². The molecule has 0 aliphatic carbocycles. The minimum absolute atomic E-state index is 0.214. The van der Waals surface area contributed by atoms with Crippen molar-refractivity contribution >= 4 is 17.6 Å². The molecule has 2 unspecified atom stereocenters. The summed E-state index contributed by atoms with van der Waals surface area (Å²) in [5, 5.41) is 18.9. The number of nitrogens with one attached hydrogen (secondary N) is 2. The smallest absolute Gasteiger partial charge is 0.249 e. The molecule has 1 aromatic rings. The Kier molecular flexibility index (Phi) is 6.95. The van der Waals surface area contributed by atoms with Crippen molar-refractivity contribution in [1.82, 2.24) is 10.5 Å². The number of aromatic nitrogens is 1. The van der Waals surface area contributed by atoms with Gasteiger partial charge in [-0.1, -0.05) is 53.1 Å². The van der Waals surface area contributed by atoms with Crippen molar-refractivity contribution in [2.75, 3.05) is 5.32 Å². The highest BCUT2D eigenvalue weighted by atomic mass is 16.5. The van der Waals surface area contributed by atoms with Gasteiger partial charge in [-0.3, -0.25) is 9.59 Å². The Labute approximate surface area is 143 Å². The van der Waals surface area contributed by atoms with Crippen LogP contribution < -0.4 is 10.6 Å². The summed E-state index contributed by atoms with van der Waals surface area (Å²) in [7, 11) is 0. The quantitative estimate of drug-likeness (QED) is 0.706. The molecule has 1 heterocycles. The van der Waals surface area contributed by atoms with Crippen molar-refractivity contribution in [3.63, 3.8) is 0 Å². The fraction of sp³-hybridized carbons (Fsp3) is 0.706. The van der Waals surface area contributed by atoms with E-state index in [1.54, 1.807) is 19.9 Å². The van der Waals surface area contributed by atoms with Gasteiger partial charge in [0.05, 0.1) is 0 Å². The Morgan fingerprint density at radius 1 is 1.29 bits per heavy atom. The molecule has 2 atom stereocenters. The largest absolute Gasteiger partial charge is 0.383 e. The van der Waals surface area contributed by atoms with Crippen LogP contribution in [0.1, 0.15) is 60.1 Å². The van der Waals surface area contributed by atoms with Gasteiger partial charge in [0, 0.05) is 11.5 Å². The van der Waals surface area contributed by atoms with Crippen molar-refractivity contribution in [3.8, 4) is 0 Å². The van der Waals surface area contributed by atoms with Crippen LogP contribution in [0, 0.1) is 5.92 Å². The number of carbonyl (C=O) groups is 2. The predicted molar refractivity (Wildman–Crippen MR) is 91.5 cm³/mol. The van der Waals surface area contributed by atoms with Gasteiger partial charge in [-0.15, -0.1) is 0 Å². The number of hydrogen-bond donors (Lipinski definition) is 3. The van der Waals surface area contributed by atoms with Crippen LogP contribution in [0.3, 0.4) is 0 Å². The molecule has 0 aliphatic heterocycles. The molecule has 0 aromatic carbocycles. The van der Waals surface area contributed by atoms with Crippen LogP contribution in [0.15, 0.2) is 10.6 Å². The Balaban J connectivity index is 2.76. The van der Waals surface area contributed by atoms with Gasteiger partial charge in [0.15, 0.2) is 5.82 Å². The van der Waals surface area contributed by atoms with E-state index in [-0.39, 0.29) is 17.2 Å². The van der Waals surface area contributed by atoms with Crippen molar-refractivity contribution in [3.05, 3.63) is 11.8 Å². The summed E-state index contributed by atoms with van der Waals surface area (Å²) >= 11 is 0. The molecule has 0 fully saturated rings. The number of nitrogens with zero attached hydrogens (tertiary/aromatic N) is 1. The molecule has 1 aromatic heterocycles. The molecule has 136 valence electrons. The number of amides is 2. The standard InChI is InChI=1S/C17H29N3O4/c1-7-8-11(18-16(23)14(21)10(2)3)15(22)19-13-9-12(24-20-13)17(4,5)6/h9-11,14,21H,7-8H2,1-6H3,(H,18,23)(H,19,20,22). The molecule has 24 heavy (non-hydrogen) atoms. The third-order valence-electron chi connectivity index (χ3n) is 3.61. The number of hydrogen-bond acceptors (Lipinski definition) is 5. The Morgan fingerprint density at radius 3 is 2.38 bits per heavy atom. The molecule has 0 bridgehead atoms. The summed E-state index contributed by atoms with van der Waals surface area (Å²) in [6, 6.07) is 0.941. The third-order valence-corrected chi connectivity index (χ3v) is 3.61. The molecule has 0 saturated carbocycles. The van der Waals surface area contributed by atoms with Crippen molar-refractivity contribution in [1.29, 1.82) is 0 Å². The van der Waals surface area contributed by atoms with E-state index in [9.17, 15) is 14.7 Å². The second-order valence-electron chi connectivity index (χ2n) is 7.35. The van der Waals surface area contributed by atoms with Crippen LogP contribution >= 0.6 is 0 Å². The van der Waals surface area contributed by atoms with Crippen molar-refractivity contribution < 1.29 is 19.2 Å². The number of anilines is 1. The van der Waals surface area contributed by atoms with Gasteiger partial charge in [0.1, 0.15) is 17.9 Å². The Hall–Kier alpha value is -1.89. The normalized spacial score (nSPS) is 14.3. The molecular formula is C17H29N3O4. The summed E-state index contributed by atoms with van der Waals surface area (Å²) in [4.78, 5) is 24.4. The van der Waals surface area contributed by atoms with Gasteiger partial charge < -0.3 is 20.3 Å². The highest BCUT2D eigenvalue weighted by Gasteiger charge is 2.27. The van der Waals surface area contributed by atoms with Gasteiger partial charge >= 0.3 is 0 Å². The van der Waals surface area contributed by atoms with E-state index in [0.717, 1.165) is 0 Å². The average molecular weight is 339 g/mol. The van der Waals surface area contributed by atoms with E-state index < -0.39 is 18.1 Å². The van der Waals surface area contributed by atoms with Crippen LogP contribution in [-0.4, -0.2) is 34.2 Å². The van der Waals surface area contributed by atoms with E-state index >= 15 is 0 Å². The second kappa shape index (κ2) is 8.28. The number of aliphatic hydroxyl groups is 1.